The lowest BCUT2D eigenvalue weighted by molar-refractivity contribution is 0.102. The van der Waals surface area contributed by atoms with Crippen molar-refractivity contribution in [1.29, 1.82) is 0 Å². The van der Waals surface area contributed by atoms with Gasteiger partial charge in [-0.15, -0.1) is 0 Å². The van der Waals surface area contributed by atoms with Crippen molar-refractivity contribution < 1.29 is 4.79 Å². The number of benzene rings is 2. The molecule has 1 N–H and O–H groups in total. The molecule has 0 saturated carbocycles. The maximum absolute atomic E-state index is 12.6. The highest BCUT2D eigenvalue weighted by atomic mass is 16.1. The third kappa shape index (κ3) is 3.54. The molecule has 1 heterocycles. The van der Waals surface area contributed by atoms with Crippen molar-refractivity contribution >= 4 is 11.7 Å². The average molecular weight is 319 g/mol. The largest absolute Gasteiger partial charge is 0.307 e. The summed E-state index contributed by atoms with van der Waals surface area (Å²) in [5, 5.41) is 7.48. The molecule has 0 spiro atoms. The van der Waals surface area contributed by atoms with E-state index in [9.17, 15) is 4.79 Å². The SMILES string of the molecule is Cc1ccc(C(=O)Nc2cc(C)nn2Cc2ccccc2)c(C)c1. The monoisotopic (exact) mass is 319 g/mol. The predicted molar refractivity (Wildman–Crippen MR) is 96.4 cm³/mol. The molecule has 3 rings (SSSR count). The molecule has 0 saturated heterocycles. The van der Waals surface area contributed by atoms with Crippen molar-refractivity contribution in [2.24, 2.45) is 0 Å². The quantitative estimate of drug-likeness (QED) is 0.786. The van der Waals surface area contributed by atoms with Gasteiger partial charge in [0.15, 0.2) is 0 Å². The number of anilines is 1. The topological polar surface area (TPSA) is 46.9 Å². The lowest BCUT2D eigenvalue weighted by Gasteiger charge is -2.11. The van der Waals surface area contributed by atoms with E-state index >= 15 is 0 Å². The normalized spacial score (nSPS) is 10.6. The van der Waals surface area contributed by atoms with Gasteiger partial charge in [-0.3, -0.25) is 4.79 Å². The second kappa shape index (κ2) is 6.71. The first kappa shape index (κ1) is 16.0. The van der Waals surface area contributed by atoms with E-state index in [0.717, 1.165) is 22.4 Å². The zero-order valence-corrected chi connectivity index (χ0v) is 14.2. The molecule has 4 heteroatoms. The lowest BCUT2D eigenvalue weighted by Crippen LogP contribution is -2.17. The van der Waals surface area contributed by atoms with E-state index in [2.05, 4.69) is 10.4 Å². The van der Waals surface area contributed by atoms with E-state index in [1.54, 1.807) is 0 Å². The Hall–Kier alpha value is -2.88. The van der Waals surface area contributed by atoms with Crippen molar-refractivity contribution in [1.82, 2.24) is 9.78 Å². The molecule has 2 aromatic carbocycles. The molecular formula is C20H21N3O. The van der Waals surface area contributed by atoms with Gasteiger partial charge < -0.3 is 5.32 Å². The van der Waals surface area contributed by atoms with E-state index in [4.69, 9.17) is 0 Å². The number of carbonyl (C=O) groups excluding carboxylic acids is 1. The summed E-state index contributed by atoms with van der Waals surface area (Å²) in [6.45, 7) is 6.52. The summed E-state index contributed by atoms with van der Waals surface area (Å²) < 4.78 is 1.83. The minimum atomic E-state index is -0.110. The number of rotatable bonds is 4. The van der Waals surface area contributed by atoms with Crippen LogP contribution in [0.25, 0.3) is 0 Å². The predicted octanol–water partition coefficient (Wildman–Crippen LogP) is 4.11. The van der Waals surface area contributed by atoms with E-state index in [0.29, 0.717) is 17.9 Å². The summed E-state index contributed by atoms with van der Waals surface area (Å²) in [5.41, 5.74) is 4.82. The highest BCUT2D eigenvalue weighted by Crippen LogP contribution is 2.16. The number of hydrogen-bond donors (Lipinski definition) is 1. The van der Waals surface area contributed by atoms with Crippen LogP contribution in [0.5, 0.6) is 0 Å². The van der Waals surface area contributed by atoms with Crippen LogP contribution in [0, 0.1) is 20.8 Å². The molecule has 0 aliphatic rings. The van der Waals surface area contributed by atoms with E-state index in [1.165, 1.54) is 0 Å². The molecular weight excluding hydrogens is 298 g/mol. The Morgan fingerprint density at radius 1 is 1.04 bits per heavy atom. The molecule has 1 aromatic heterocycles. The molecule has 3 aromatic rings. The molecule has 0 bridgehead atoms. The van der Waals surface area contributed by atoms with Crippen LogP contribution in [0.3, 0.4) is 0 Å². The Bertz CT molecular complexity index is 866. The van der Waals surface area contributed by atoms with Gasteiger partial charge in [-0.25, -0.2) is 4.68 Å². The van der Waals surface area contributed by atoms with Gasteiger partial charge in [0.05, 0.1) is 12.2 Å². The number of carbonyl (C=O) groups is 1. The summed E-state index contributed by atoms with van der Waals surface area (Å²) in [7, 11) is 0. The van der Waals surface area contributed by atoms with Crippen molar-refractivity contribution in [3.05, 3.63) is 82.5 Å². The fourth-order valence-electron chi connectivity index (χ4n) is 2.78. The van der Waals surface area contributed by atoms with E-state index in [1.807, 2.05) is 80.1 Å². The summed E-state index contributed by atoms with van der Waals surface area (Å²) >= 11 is 0. The molecule has 0 aliphatic heterocycles. The first-order valence-electron chi connectivity index (χ1n) is 8.00. The van der Waals surface area contributed by atoms with Crippen molar-refractivity contribution in [2.75, 3.05) is 5.32 Å². The van der Waals surface area contributed by atoms with E-state index < -0.39 is 0 Å². The molecule has 24 heavy (non-hydrogen) atoms. The molecule has 0 radical (unpaired) electrons. The maximum atomic E-state index is 12.6. The lowest BCUT2D eigenvalue weighted by atomic mass is 10.1. The summed E-state index contributed by atoms with van der Waals surface area (Å²) in [6.07, 6.45) is 0. The summed E-state index contributed by atoms with van der Waals surface area (Å²) in [5.74, 6) is 0.600. The summed E-state index contributed by atoms with van der Waals surface area (Å²) in [4.78, 5) is 12.6. The number of nitrogens with one attached hydrogen (secondary N) is 1. The number of aryl methyl sites for hydroxylation is 3. The van der Waals surface area contributed by atoms with Crippen molar-refractivity contribution in [3.63, 3.8) is 0 Å². The number of aromatic nitrogens is 2. The van der Waals surface area contributed by atoms with Gasteiger partial charge in [0, 0.05) is 11.6 Å². The molecule has 1 amide bonds. The second-order valence-corrected chi connectivity index (χ2v) is 6.09. The van der Waals surface area contributed by atoms with Crippen LogP contribution in [0.15, 0.2) is 54.6 Å². The number of amides is 1. The van der Waals surface area contributed by atoms with Crippen LogP contribution < -0.4 is 5.32 Å². The van der Waals surface area contributed by atoms with Crippen molar-refractivity contribution in [3.8, 4) is 0 Å². The van der Waals surface area contributed by atoms with Crippen LogP contribution >= 0.6 is 0 Å². The van der Waals surface area contributed by atoms with Gasteiger partial charge in [-0.2, -0.15) is 5.10 Å². The standard InChI is InChI=1S/C20H21N3O/c1-14-9-10-18(15(2)11-14)20(24)21-19-12-16(3)22-23(19)13-17-7-5-4-6-8-17/h4-12H,13H2,1-3H3,(H,21,24). The minimum absolute atomic E-state index is 0.110. The van der Waals surface area contributed by atoms with E-state index in [-0.39, 0.29) is 5.91 Å². The Labute approximate surface area is 142 Å². The Kier molecular flexibility index (Phi) is 4.47. The zero-order chi connectivity index (χ0) is 17.1. The molecule has 0 aliphatic carbocycles. The smallest absolute Gasteiger partial charge is 0.257 e. The second-order valence-electron chi connectivity index (χ2n) is 6.09. The first-order valence-corrected chi connectivity index (χ1v) is 8.00. The molecule has 122 valence electrons. The maximum Gasteiger partial charge on any atom is 0.257 e. The Morgan fingerprint density at radius 3 is 2.50 bits per heavy atom. The van der Waals surface area contributed by atoms with Crippen LogP contribution in [0.1, 0.15) is 32.7 Å². The fraction of sp³-hybridized carbons (Fsp3) is 0.200. The van der Waals surface area contributed by atoms with Gasteiger partial charge in [-0.05, 0) is 38.0 Å². The van der Waals surface area contributed by atoms with Crippen molar-refractivity contribution in [2.45, 2.75) is 27.3 Å². The van der Waals surface area contributed by atoms with Crippen LogP contribution in [0.4, 0.5) is 5.82 Å². The van der Waals surface area contributed by atoms with Crippen LogP contribution in [0.2, 0.25) is 0 Å². The average Bonchev–Trinajstić information content (AvgIpc) is 2.87. The van der Waals surface area contributed by atoms with Gasteiger partial charge in [-0.1, -0.05) is 48.0 Å². The van der Waals surface area contributed by atoms with Crippen LogP contribution in [-0.4, -0.2) is 15.7 Å². The molecule has 0 unspecified atom stereocenters. The third-order valence-electron chi connectivity index (χ3n) is 3.95. The third-order valence-corrected chi connectivity index (χ3v) is 3.95. The fourth-order valence-corrected chi connectivity index (χ4v) is 2.78. The molecule has 4 nitrogen and oxygen atoms in total. The number of nitrogens with zero attached hydrogens (tertiary/aromatic N) is 2. The Morgan fingerprint density at radius 2 is 1.79 bits per heavy atom. The van der Waals surface area contributed by atoms with Gasteiger partial charge >= 0.3 is 0 Å². The zero-order valence-electron chi connectivity index (χ0n) is 14.2. The van der Waals surface area contributed by atoms with Crippen LogP contribution in [-0.2, 0) is 6.54 Å². The molecule has 0 atom stereocenters. The highest BCUT2D eigenvalue weighted by molar-refractivity contribution is 6.04. The molecule has 0 fully saturated rings. The van der Waals surface area contributed by atoms with Gasteiger partial charge in [0.25, 0.3) is 5.91 Å². The summed E-state index contributed by atoms with van der Waals surface area (Å²) in [6, 6.07) is 17.8. The highest BCUT2D eigenvalue weighted by Gasteiger charge is 2.13. The first-order chi connectivity index (χ1) is 11.5. The number of hydrogen-bond acceptors (Lipinski definition) is 2. The van der Waals surface area contributed by atoms with Gasteiger partial charge in [0.1, 0.15) is 5.82 Å². The van der Waals surface area contributed by atoms with Gasteiger partial charge in [0.2, 0.25) is 0 Å². The minimum Gasteiger partial charge on any atom is -0.307 e. The Balaban J connectivity index is 1.83.